The second kappa shape index (κ2) is 4.88. The Kier molecular flexibility index (Phi) is 3.19. The van der Waals surface area contributed by atoms with Crippen LogP contribution in [0.3, 0.4) is 0 Å². The van der Waals surface area contributed by atoms with Crippen LogP contribution in [0.4, 0.5) is 5.82 Å². The summed E-state index contributed by atoms with van der Waals surface area (Å²) in [6.07, 6.45) is 4.58. The summed E-state index contributed by atoms with van der Waals surface area (Å²) in [6.45, 7) is 0.674. The minimum absolute atomic E-state index is 0.131. The van der Waals surface area contributed by atoms with E-state index in [1.54, 1.807) is 23.1 Å². The van der Waals surface area contributed by atoms with Gasteiger partial charge >= 0.3 is 0 Å². The zero-order valence-corrected chi connectivity index (χ0v) is 11.4. The number of anilines is 1. The Hall–Kier alpha value is -1.93. The fourth-order valence-electron chi connectivity index (χ4n) is 3.50. The third-order valence-corrected chi connectivity index (χ3v) is 4.52. The highest BCUT2D eigenvalue weighted by Crippen LogP contribution is 2.45. The lowest BCUT2D eigenvalue weighted by atomic mass is 9.71. The molecular weight excluding hydrogens is 252 g/mol. The molecule has 0 radical (unpaired) electrons. The number of rotatable bonds is 1. The lowest BCUT2D eigenvalue weighted by Crippen LogP contribution is -2.42. The standard InChI is InChI=1S/C15H18N4O/c16-10-12-4-1-5-13(18-12)19-8-7-15(14(19)20)6-2-3-11(17)9-15/h1,4-5,11H,2-3,6-9,17H2. The third-order valence-electron chi connectivity index (χ3n) is 4.52. The molecule has 3 rings (SSSR count). The highest BCUT2D eigenvalue weighted by Gasteiger charge is 2.49. The number of aromatic nitrogens is 1. The SMILES string of the molecule is N#Cc1cccc(N2CCC3(CCCC(N)C3)C2=O)n1. The van der Waals surface area contributed by atoms with Gasteiger partial charge in [0, 0.05) is 12.6 Å². The van der Waals surface area contributed by atoms with Crippen LogP contribution in [0.5, 0.6) is 0 Å². The number of hydrogen-bond donors (Lipinski definition) is 1. The molecule has 0 aromatic carbocycles. The minimum atomic E-state index is -0.290. The molecule has 2 atom stereocenters. The van der Waals surface area contributed by atoms with Crippen molar-refractivity contribution in [2.75, 3.05) is 11.4 Å². The summed E-state index contributed by atoms with van der Waals surface area (Å²) >= 11 is 0. The van der Waals surface area contributed by atoms with Crippen molar-refractivity contribution in [2.45, 2.75) is 38.1 Å². The minimum Gasteiger partial charge on any atom is -0.328 e. The van der Waals surface area contributed by atoms with Crippen LogP contribution in [-0.4, -0.2) is 23.5 Å². The molecule has 1 amide bonds. The van der Waals surface area contributed by atoms with Gasteiger partial charge in [-0.1, -0.05) is 12.5 Å². The summed E-state index contributed by atoms with van der Waals surface area (Å²) in [5.74, 6) is 0.723. The summed E-state index contributed by atoms with van der Waals surface area (Å²) in [7, 11) is 0. The molecule has 2 fully saturated rings. The molecule has 0 bridgehead atoms. The molecule has 1 aromatic rings. The van der Waals surface area contributed by atoms with E-state index in [2.05, 4.69) is 4.98 Å². The monoisotopic (exact) mass is 270 g/mol. The van der Waals surface area contributed by atoms with Crippen LogP contribution >= 0.6 is 0 Å². The van der Waals surface area contributed by atoms with Crippen LogP contribution in [0.15, 0.2) is 18.2 Å². The molecule has 1 saturated carbocycles. The summed E-state index contributed by atoms with van der Waals surface area (Å²) in [4.78, 5) is 18.7. The van der Waals surface area contributed by atoms with Gasteiger partial charge in [-0.3, -0.25) is 9.69 Å². The first-order chi connectivity index (χ1) is 9.64. The fraction of sp³-hybridized carbons (Fsp3) is 0.533. The van der Waals surface area contributed by atoms with Gasteiger partial charge in [0.1, 0.15) is 17.6 Å². The van der Waals surface area contributed by atoms with Crippen molar-refractivity contribution < 1.29 is 4.79 Å². The number of pyridine rings is 1. The van der Waals surface area contributed by atoms with Crippen molar-refractivity contribution in [3.63, 3.8) is 0 Å². The highest BCUT2D eigenvalue weighted by molar-refractivity contribution is 5.99. The molecule has 2 unspecified atom stereocenters. The van der Waals surface area contributed by atoms with Crippen LogP contribution in [0.2, 0.25) is 0 Å². The van der Waals surface area contributed by atoms with Crippen molar-refractivity contribution in [1.29, 1.82) is 5.26 Å². The molecule has 5 nitrogen and oxygen atoms in total. The lowest BCUT2D eigenvalue weighted by Gasteiger charge is -2.34. The second-order valence-corrected chi connectivity index (χ2v) is 5.84. The fourth-order valence-corrected chi connectivity index (χ4v) is 3.50. The van der Waals surface area contributed by atoms with Gasteiger partial charge in [-0.15, -0.1) is 0 Å². The Balaban J connectivity index is 1.87. The molecule has 5 heteroatoms. The predicted octanol–water partition coefficient (Wildman–Crippen LogP) is 1.58. The zero-order valence-electron chi connectivity index (χ0n) is 11.4. The van der Waals surface area contributed by atoms with E-state index in [1.807, 2.05) is 6.07 Å². The number of carbonyl (C=O) groups is 1. The second-order valence-electron chi connectivity index (χ2n) is 5.84. The van der Waals surface area contributed by atoms with Crippen LogP contribution < -0.4 is 10.6 Å². The Labute approximate surface area is 118 Å². The molecule has 1 spiro atoms. The number of hydrogen-bond acceptors (Lipinski definition) is 4. The van der Waals surface area contributed by atoms with Crippen molar-refractivity contribution in [1.82, 2.24) is 4.98 Å². The summed E-state index contributed by atoms with van der Waals surface area (Å²) < 4.78 is 0. The molecule has 1 aliphatic heterocycles. The van der Waals surface area contributed by atoms with Crippen molar-refractivity contribution in [3.05, 3.63) is 23.9 Å². The van der Waals surface area contributed by atoms with Crippen molar-refractivity contribution in [3.8, 4) is 6.07 Å². The summed E-state index contributed by atoms with van der Waals surface area (Å²) in [5, 5.41) is 8.92. The molecule has 2 N–H and O–H groups in total. The molecule has 1 aliphatic carbocycles. The van der Waals surface area contributed by atoms with Gasteiger partial charge in [-0.05, 0) is 37.8 Å². The van der Waals surface area contributed by atoms with E-state index in [-0.39, 0.29) is 17.4 Å². The maximum absolute atomic E-state index is 12.8. The van der Waals surface area contributed by atoms with Gasteiger partial charge < -0.3 is 5.73 Å². The first-order valence-electron chi connectivity index (χ1n) is 7.09. The molecule has 104 valence electrons. The van der Waals surface area contributed by atoms with Gasteiger partial charge in [0.15, 0.2) is 0 Å². The average molecular weight is 270 g/mol. The lowest BCUT2D eigenvalue weighted by molar-refractivity contribution is -0.127. The first kappa shape index (κ1) is 13.1. The number of nitrogens with two attached hydrogens (primary N) is 1. The first-order valence-corrected chi connectivity index (χ1v) is 7.09. The summed E-state index contributed by atoms with van der Waals surface area (Å²) in [6, 6.07) is 7.36. The molecular formula is C15H18N4O. The van der Waals surface area contributed by atoms with Gasteiger partial charge in [-0.25, -0.2) is 4.98 Å². The van der Waals surface area contributed by atoms with Crippen LogP contribution in [0.25, 0.3) is 0 Å². The number of nitriles is 1. The van der Waals surface area contributed by atoms with E-state index in [0.29, 0.717) is 18.1 Å². The van der Waals surface area contributed by atoms with Crippen molar-refractivity contribution in [2.24, 2.45) is 11.1 Å². The van der Waals surface area contributed by atoms with E-state index in [1.165, 1.54) is 0 Å². The number of nitrogens with zero attached hydrogens (tertiary/aromatic N) is 3. The topological polar surface area (TPSA) is 83.0 Å². The van der Waals surface area contributed by atoms with E-state index >= 15 is 0 Å². The maximum atomic E-state index is 12.8. The van der Waals surface area contributed by atoms with E-state index in [0.717, 1.165) is 32.1 Å². The van der Waals surface area contributed by atoms with Gasteiger partial charge in [-0.2, -0.15) is 5.26 Å². The van der Waals surface area contributed by atoms with Crippen molar-refractivity contribution >= 4 is 11.7 Å². The Morgan fingerprint density at radius 2 is 2.30 bits per heavy atom. The molecule has 1 aromatic heterocycles. The Morgan fingerprint density at radius 1 is 1.45 bits per heavy atom. The van der Waals surface area contributed by atoms with Crippen LogP contribution in [0.1, 0.15) is 37.8 Å². The Morgan fingerprint density at radius 3 is 3.05 bits per heavy atom. The van der Waals surface area contributed by atoms with Gasteiger partial charge in [0.05, 0.1) is 5.41 Å². The normalized spacial score (nSPS) is 29.7. The predicted molar refractivity (Wildman–Crippen MR) is 74.8 cm³/mol. The van der Waals surface area contributed by atoms with Gasteiger partial charge in [0.25, 0.3) is 0 Å². The quantitative estimate of drug-likeness (QED) is 0.839. The third kappa shape index (κ3) is 2.06. The molecule has 1 saturated heterocycles. The number of amides is 1. The average Bonchev–Trinajstić information content (AvgIpc) is 2.76. The van der Waals surface area contributed by atoms with Gasteiger partial charge in [0.2, 0.25) is 5.91 Å². The number of carbonyl (C=O) groups excluding carboxylic acids is 1. The van der Waals surface area contributed by atoms with E-state index in [9.17, 15) is 4.79 Å². The van der Waals surface area contributed by atoms with E-state index < -0.39 is 0 Å². The maximum Gasteiger partial charge on any atom is 0.234 e. The largest absolute Gasteiger partial charge is 0.328 e. The molecule has 2 aliphatic rings. The van der Waals surface area contributed by atoms with E-state index in [4.69, 9.17) is 11.0 Å². The molecule has 2 heterocycles. The zero-order chi connectivity index (χ0) is 14.2. The Bertz CT molecular complexity index is 579. The molecule has 20 heavy (non-hydrogen) atoms. The highest BCUT2D eigenvalue weighted by atomic mass is 16.2. The summed E-state index contributed by atoms with van der Waals surface area (Å²) in [5.41, 5.74) is 6.11. The van der Waals surface area contributed by atoms with Crippen LogP contribution in [-0.2, 0) is 4.79 Å². The smallest absolute Gasteiger partial charge is 0.234 e. The van der Waals surface area contributed by atoms with Crippen LogP contribution in [0, 0.1) is 16.7 Å².